The third-order valence-electron chi connectivity index (χ3n) is 2.82. The van der Waals surface area contributed by atoms with Crippen LogP contribution < -0.4 is 5.46 Å². The molecule has 0 aromatic heterocycles. The van der Waals surface area contributed by atoms with E-state index in [4.69, 9.17) is 13.7 Å². The highest BCUT2D eigenvalue weighted by atomic mass is 16.7. The summed E-state index contributed by atoms with van der Waals surface area (Å²) in [5.41, 5.74) is 4.78. The normalized spacial score (nSPS) is 15.8. The summed E-state index contributed by atoms with van der Waals surface area (Å²) in [6, 6.07) is 4.09. The molecule has 1 aromatic carbocycles. The van der Waals surface area contributed by atoms with Crippen molar-refractivity contribution < 1.29 is 13.7 Å². The molecule has 1 heterocycles. The van der Waals surface area contributed by atoms with Gasteiger partial charge in [0.15, 0.2) is 0 Å². The van der Waals surface area contributed by atoms with Crippen molar-refractivity contribution in [2.45, 2.75) is 20.8 Å². The van der Waals surface area contributed by atoms with E-state index in [0.717, 1.165) is 5.46 Å². The lowest BCUT2D eigenvalue weighted by Gasteiger charge is -2.21. The van der Waals surface area contributed by atoms with Crippen molar-refractivity contribution >= 4 is 28.0 Å². The number of aryl methyl sites for hydroxylation is 1. The van der Waals surface area contributed by atoms with Crippen LogP contribution in [0.2, 0.25) is 0 Å². The van der Waals surface area contributed by atoms with Gasteiger partial charge in [-0.15, -0.1) is 0 Å². The first kappa shape index (κ1) is 10.8. The highest BCUT2D eigenvalue weighted by Crippen LogP contribution is 2.11. The van der Waals surface area contributed by atoms with Crippen LogP contribution in [-0.4, -0.2) is 22.5 Å². The molecule has 0 saturated carbocycles. The summed E-state index contributed by atoms with van der Waals surface area (Å²) in [5, 5.41) is 0. The van der Waals surface area contributed by atoms with Crippen LogP contribution in [0, 0.1) is 20.8 Å². The van der Waals surface area contributed by atoms with Gasteiger partial charge in [0.25, 0.3) is 0 Å². The van der Waals surface area contributed by atoms with Crippen molar-refractivity contribution in [1.82, 2.24) is 0 Å². The van der Waals surface area contributed by atoms with Gasteiger partial charge in [0.1, 0.15) is 0 Å². The summed E-state index contributed by atoms with van der Waals surface area (Å²) in [7, 11) is 2.17. The quantitative estimate of drug-likeness (QED) is 0.615. The minimum Gasteiger partial charge on any atom is -0.457 e. The van der Waals surface area contributed by atoms with E-state index in [1.807, 2.05) is 6.07 Å². The Balaban J connectivity index is 2.31. The van der Waals surface area contributed by atoms with Gasteiger partial charge in [-0.2, -0.15) is 0 Å². The molecule has 6 heteroatoms. The minimum atomic E-state index is -0.391. The summed E-state index contributed by atoms with van der Waals surface area (Å²) >= 11 is 0. The van der Waals surface area contributed by atoms with E-state index < -0.39 is 7.12 Å². The molecule has 1 saturated heterocycles. The Labute approximate surface area is 91.9 Å². The number of hydrogen-bond donors (Lipinski definition) is 0. The lowest BCUT2D eigenvalue weighted by Crippen LogP contribution is -2.45. The topological polar surface area (TPSA) is 27.7 Å². The smallest absolute Gasteiger partial charge is 0.457 e. The number of benzene rings is 1. The van der Waals surface area contributed by atoms with Gasteiger partial charge in [-0.1, -0.05) is 12.1 Å². The third-order valence-corrected chi connectivity index (χ3v) is 2.82. The van der Waals surface area contributed by atoms with Gasteiger partial charge in [-0.3, -0.25) is 0 Å². The van der Waals surface area contributed by atoms with Gasteiger partial charge in [0.05, 0.1) is 0 Å². The number of rotatable bonds is 1. The van der Waals surface area contributed by atoms with Crippen molar-refractivity contribution in [3.05, 3.63) is 28.8 Å². The van der Waals surface area contributed by atoms with E-state index >= 15 is 0 Å². The lowest BCUT2D eigenvalue weighted by atomic mass is 9.71. The van der Waals surface area contributed by atoms with Crippen LogP contribution in [0.4, 0.5) is 0 Å². The second-order valence-electron chi connectivity index (χ2n) is 3.65. The highest BCUT2D eigenvalue weighted by Gasteiger charge is 2.28. The van der Waals surface area contributed by atoms with Gasteiger partial charge >= 0.3 is 22.5 Å². The second kappa shape index (κ2) is 4.43. The first-order valence-corrected chi connectivity index (χ1v) is 4.86. The predicted octanol–water partition coefficient (Wildman–Crippen LogP) is 0.439. The van der Waals surface area contributed by atoms with Crippen molar-refractivity contribution in [2.75, 3.05) is 0 Å². The SMILES string of the molecule is Cc1ccc(B2O[B]O[B]O2)c(C)c1C. The monoisotopic (exact) mass is 200 g/mol. The Morgan fingerprint density at radius 2 is 1.67 bits per heavy atom. The molecule has 2 rings (SSSR count). The van der Waals surface area contributed by atoms with E-state index in [2.05, 4.69) is 26.8 Å². The molecule has 0 aliphatic carbocycles. The summed E-state index contributed by atoms with van der Waals surface area (Å²) in [4.78, 5) is 0. The molecule has 1 aliphatic rings. The molecule has 1 fully saturated rings. The molecule has 15 heavy (non-hydrogen) atoms. The first-order valence-electron chi connectivity index (χ1n) is 4.86. The van der Waals surface area contributed by atoms with Crippen molar-refractivity contribution in [1.29, 1.82) is 0 Å². The molecule has 0 amide bonds. The molecule has 74 valence electrons. The maximum absolute atomic E-state index is 5.24. The maximum atomic E-state index is 5.24. The van der Waals surface area contributed by atoms with E-state index in [0.29, 0.717) is 0 Å². The fourth-order valence-corrected chi connectivity index (χ4v) is 1.60. The zero-order valence-electron chi connectivity index (χ0n) is 9.11. The zero-order chi connectivity index (χ0) is 10.8. The predicted molar refractivity (Wildman–Crippen MR) is 60.8 cm³/mol. The molecule has 1 aromatic rings. The average molecular weight is 200 g/mol. The molecule has 1 aliphatic heterocycles. The van der Waals surface area contributed by atoms with Crippen LogP contribution in [-0.2, 0) is 13.7 Å². The average Bonchev–Trinajstić information content (AvgIpc) is 2.27. The van der Waals surface area contributed by atoms with E-state index in [1.165, 1.54) is 32.1 Å². The Kier molecular flexibility index (Phi) is 3.19. The summed E-state index contributed by atoms with van der Waals surface area (Å²) < 4.78 is 15.2. The van der Waals surface area contributed by atoms with Gasteiger partial charge in [-0.05, 0) is 42.9 Å². The van der Waals surface area contributed by atoms with Gasteiger partial charge in [0, 0.05) is 0 Å². The van der Waals surface area contributed by atoms with E-state index in [1.54, 1.807) is 0 Å². The van der Waals surface area contributed by atoms with Crippen LogP contribution in [0.15, 0.2) is 12.1 Å². The summed E-state index contributed by atoms with van der Waals surface area (Å²) in [6.45, 7) is 6.26. The van der Waals surface area contributed by atoms with Crippen molar-refractivity contribution in [3.8, 4) is 0 Å². The molecule has 0 N–H and O–H groups in total. The van der Waals surface area contributed by atoms with Crippen LogP contribution in [0.3, 0.4) is 0 Å². The highest BCUT2D eigenvalue weighted by molar-refractivity contribution is 6.71. The van der Waals surface area contributed by atoms with Crippen molar-refractivity contribution in [2.24, 2.45) is 0 Å². The van der Waals surface area contributed by atoms with Crippen LogP contribution in [0.1, 0.15) is 16.7 Å². The van der Waals surface area contributed by atoms with Gasteiger partial charge in [-0.25, -0.2) is 0 Å². The summed E-state index contributed by atoms with van der Waals surface area (Å²) in [6.07, 6.45) is 0. The largest absolute Gasteiger partial charge is 0.466 e. The molecule has 0 unspecified atom stereocenters. The fraction of sp³-hybridized carbons (Fsp3) is 0.333. The molecule has 0 bridgehead atoms. The minimum absolute atomic E-state index is 0.391. The molecule has 3 nitrogen and oxygen atoms in total. The van der Waals surface area contributed by atoms with Gasteiger partial charge < -0.3 is 13.7 Å². The Bertz CT molecular complexity index is 364. The Hall–Kier alpha value is -0.705. The second-order valence-corrected chi connectivity index (χ2v) is 3.65. The number of hydrogen-bond acceptors (Lipinski definition) is 3. The van der Waals surface area contributed by atoms with E-state index in [9.17, 15) is 0 Å². The maximum Gasteiger partial charge on any atom is 0.466 e. The zero-order valence-corrected chi connectivity index (χ0v) is 9.11. The third kappa shape index (κ3) is 2.12. The van der Waals surface area contributed by atoms with Crippen LogP contribution >= 0.6 is 0 Å². The Morgan fingerprint density at radius 3 is 2.33 bits per heavy atom. The van der Waals surface area contributed by atoms with E-state index in [-0.39, 0.29) is 0 Å². The molecule has 2 radical (unpaired) electrons. The van der Waals surface area contributed by atoms with Crippen LogP contribution in [0.25, 0.3) is 0 Å². The standard InChI is InChI=1S/C9H11B3O3/c1-6-4-5-9(8(3)7(6)2)12-14-10-13-11-15-12/h4-5H,1-3H3. The van der Waals surface area contributed by atoms with Gasteiger partial charge in [0.2, 0.25) is 0 Å². The lowest BCUT2D eigenvalue weighted by molar-refractivity contribution is 0.333. The fourth-order valence-electron chi connectivity index (χ4n) is 1.60. The van der Waals surface area contributed by atoms with Crippen molar-refractivity contribution in [3.63, 3.8) is 0 Å². The molecule has 0 spiro atoms. The van der Waals surface area contributed by atoms with Crippen LogP contribution in [0.5, 0.6) is 0 Å². The molecular weight excluding hydrogens is 189 g/mol. The summed E-state index contributed by atoms with van der Waals surface area (Å²) in [5.74, 6) is 0. The molecule has 0 atom stereocenters. The molecular formula is C9H11B3O3. The first-order chi connectivity index (χ1) is 7.20. The Morgan fingerprint density at radius 1 is 1.00 bits per heavy atom.